The zero-order chi connectivity index (χ0) is 13.1. The van der Waals surface area contributed by atoms with Crippen molar-refractivity contribution in [2.24, 2.45) is 0 Å². The van der Waals surface area contributed by atoms with E-state index in [4.69, 9.17) is 16.3 Å². The monoisotopic (exact) mass is 260 g/mol. The van der Waals surface area contributed by atoms with Gasteiger partial charge >= 0.3 is 0 Å². The fourth-order valence-electron chi connectivity index (χ4n) is 1.97. The summed E-state index contributed by atoms with van der Waals surface area (Å²) in [6.07, 6.45) is 0. The minimum absolute atomic E-state index is 0.494. The molecule has 0 aromatic heterocycles. The van der Waals surface area contributed by atoms with Crippen LogP contribution in [0.5, 0.6) is 5.75 Å². The standard InChI is InChI=1S/C16H17ClO/c1-11(2)12-7-8-16(18-3)15(10-12)13-5-4-6-14(17)9-13/h4-11H,1-3H3. The Morgan fingerprint density at radius 2 is 1.83 bits per heavy atom. The average molecular weight is 261 g/mol. The highest BCUT2D eigenvalue weighted by Crippen LogP contribution is 2.33. The Balaban J connectivity index is 2.56. The third-order valence-corrected chi connectivity index (χ3v) is 3.26. The summed E-state index contributed by atoms with van der Waals surface area (Å²) >= 11 is 6.05. The second kappa shape index (κ2) is 5.45. The molecular weight excluding hydrogens is 244 g/mol. The molecule has 2 rings (SSSR count). The molecule has 0 N–H and O–H groups in total. The summed E-state index contributed by atoms with van der Waals surface area (Å²) in [6, 6.07) is 14.2. The first-order valence-electron chi connectivity index (χ1n) is 6.05. The van der Waals surface area contributed by atoms with Gasteiger partial charge in [-0.2, -0.15) is 0 Å². The third-order valence-electron chi connectivity index (χ3n) is 3.03. The zero-order valence-electron chi connectivity index (χ0n) is 10.9. The van der Waals surface area contributed by atoms with Gasteiger partial charge in [0.25, 0.3) is 0 Å². The summed E-state index contributed by atoms with van der Waals surface area (Å²) < 4.78 is 5.43. The highest BCUT2D eigenvalue weighted by atomic mass is 35.5. The SMILES string of the molecule is COc1ccc(C(C)C)cc1-c1cccc(Cl)c1. The van der Waals surface area contributed by atoms with Gasteiger partial charge < -0.3 is 4.74 Å². The minimum Gasteiger partial charge on any atom is -0.496 e. The van der Waals surface area contributed by atoms with Crippen LogP contribution in [0.2, 0.25) is 5.02 Å². The summed E-state index contributed by atoms with van der Waals surface area (Å²) in [5, 5.41) is 0.740. The number of ether oxygens (including phenoxy) is 1. The van der Waals surface area contributed by atoms with Crippen molar-refractivity contribution in [1.82, 2.24) is 0 Å². The quantitative estimate of drug-likeness (QED) is 0.743. The minimum atomic E-state index is 0.494. The summed E-state index contributed by atoms with van der Waals surface area (Å²) in [5.74, 6) is 1.37. The summed E-state index contributed by atoms with van der Waals surface area (Å²) in [5.41, 5.74) is 3.47. The highest BCUT2D eigenvalue weighted by molar-refractivity contribution is 6.30. The fourth-order valence-corrected chi connectivity index (χ4v) is 2.16. The lowest BCUT2D eigenvalue weighted by Gasteiger charge is -2.13. The molecule has 1 nitrogen and oxygen atoms in total. The van der Waals surface area contributed by atoms with Crippen LogP contribution in [0.25, 0.3) is 11.1 Å². The van der Waals surface area contributed by atoms with Gasteiger partial charge in [-0.25, -0.2) is 0 Å². The molecule has 2 heteroatoms. The Labute approximate surface area is 113 Å². The molecule has 2 aromatic carbocycles. The van der Waals surface area contributed by atoms with E-state index < -0.39 is 0 Å². The van der Waals surface area contributed by atoms with Crippen LogP contribution >= 0.6 is 11.6 Å². The zero-order valence-corrected chi connectivity index (χ0v) is 11.7. The van der Waals surface area contributed by atoms with Gasteiger partial charge in [0, 0.05) is 10.6 Å². The van der Waals surface area contributed by atoms with Gasteiger partial charge in [0.2, 0.25) is 0 Å². The lowest BCUT2D eigenvalue weighted by atomic mass is 9.96. The smallest absolute Gasteiger partial charge is 0.126 e. The molecule has 0 radical (unpaired) electrons. The number of benzene rings is 2. The molecule has 0 aliphatic rings. The van der Waals surface area contributed by atoms with E-state index >= 15 is 0 Å². The topological polar surface area (TPSA) is 9.23 Å². The maximum Gasteiger partial charge on any atom is 0.126 e. The lowest BCUT2D eigenvalue weighted by Crippen LogP contribution is -1.92. The Morgan fingerprint density at radius 3 is 2.44 bits per heavy atom. The van der Waals surface area contributed by atoms with Gasteiger partial charge in [0.05, 0.1) is 7.11 Å². The molecule has 0 spiro atoms. The highest BCUT2D eigenvalue weighted by Gasteiger charge is 2.09. The predicted molar refractivity (Wildman–Crippen MR) is 77.5 cm³/mol. The van der Waals surface area contributed by atoms with Crippen LogP contribution < -0.4 is 4.74 Å². The molecular formula is C16H17ClO. The molecule has 0 heterocycles. The van der Waals surface area contributed by atoms with Crippen molar-refractivity contribution in [2.45, 2.75) is 19.8 Å². The van der Waals surface area contributed by atoms with Crippen LogP contribution in [-0.4, -0.2) is 7.11 Å². The van der Waals surface area contributed by atoms with Crippen molar-refractivity contribution in [3.05, 3.63) is 53.1 Å². The van der Waals surface area contributed by atoms with E-state index in [2.05, 4.69) is 26.0 Å². The molecule has 0 aliphatic heterocycles. The Morgan fingerprint density at radius 1 is 1.06 bits per heavy atom. The molecule has 0 fully saturated rings. The maximum atomic E-state index is 6.05. The first kappa shape index (κ1) is 13.0. The van der Waals surface area contributed by atoms with Crippen molar-refractivity contribution in [2.75, 3.05) is 7.11 Å². The average Bonchev–Trinajstić information content (AvgIpc) is 2.38. The summed E-state index contributed by atoms with van der Waals surface area (Å²) in [7, 11) is 1.69. The van der Waals surface area contributed by atoms with Crippen molar-refractivity contribution in [3.63, 3.8) is 0 Å². The van der Waals surface area contributed by atoms with Crippen LogP contribution in [-0.2, 0) is 0 Å². The number of rotatable bonds is 3. The summed E-state index contributed by atoms with van der Waals surface area (Å²) in [6.45, 7) is 4.37. The first-order valence-corrected chi connectivity index (χ1v) is 6.43. The predicted octanol–water partition coefficient (Wildman–Crippen LogP) is 5.14. The van der Waals surface area contributed by atoms with Gasteiger partial charge in [-0.05, 0) is 41.3 Å². The van der Waals surface area contributed by atoms with E-state index in [1.807, 2.05) is 30.3 Å². The van der Waals surface area contributed by atoms with Gasteiger partial charge in [-0.1, -0.05) is 43.6 Å². The van der Waals surface area contributed by atoms with E-state index in [-0.39, 0.29) is 0 Å². The van der Waals surface area contributed by atoms with Crippen molar-refractivity contribution < 1.29 is 4.74 Å². The van der Waals surface area contributed by atoms with Crippen molar-refractivity contribution in [3.8, 4) is 16.9 Å². The molecule has 0 saturated carbocycles. The van der Waals surface area contributed by atoms with Gasteiger partial charge in [-0.3, -0.25) is 0 Å². The molecule has 18 heavy (non-hydrogen) atoms. The van der Waals surface area contributed by atoms with Gasteiger partial charge in [-0.15, -0.1) is 0 Å². The molecule has 0 unspecified atom stereocenters. The van der Waals surface area contributed by atoms with E-state index in [1.54, 1.807) is 7.11 Å². The van der Waals surface area contributed by atoms with Crippen LogP contribution in [0.3, 0.4) is 0 Å². The second-order valence-electron chi connectivity index (χ2n) is 4.62. The van der Waals surface area contributed by atoms with Crippen molar-refractivity contribution >= 4 is 11.6 Å². The molecule has 2 aromatic rings. The largest absolute Gasteiger partial charge is 0.496 e. The number of hydrogen-bond acceptors (Lipinski definition) is 1. The fraction of sp³-hybridized carbons (Fsp3) is 0.250. The molecule has 94 valence electrons. The van der Waals surface area contributed by atoms with Crippen LogP contribution in [0.4, 0.5) is 0 Å². The number of halogens is 1. The van der Waals surface area contributed by atoms with Gasteiger partial charge in [0.15, 0.2) is 0 Å². The normalized spacial score (nSPS) is 10.7. The van der Waals surface area contributed by atoms with Crippen molar-refractivity contribution in [1.29, 1.82) is 0 Å². The maximum absolute atomic E-state index is 6.05. The number of hydrogen-bond donors (Lipinski definition) is 0. The molecule has 0 saturated heterocycles. The van der Waals surface area contributed by atoms with E-state index in [0.717, 1.165) is 21.9 Å². The molecule has 0 aliphatic carbocycles. The van der Waals surface area contributed by atoms with E-state index in [1.165, 1.54) is 5.56 Å². The van der Waals surface area contributed by atoms with Crippen LogP contribution in [0.15, 0.2) is 42.5 Å². The van der Waals surface area contributed by atoms with Gasteiger partial charge in [0.1, 0.15) is 5.75 Å². The third kappa shape index (κ3) is 2.68. The van der Waals surface area contributed by atoms with Crippen LogP contribution in [0, 0.1) is 0 Å². The van der Waals surface area contributed by atoms with Crippen LogP contribution in [0.1, 0.15) is 25.3 Å². The lowest BCUT2D eigenvalue weighted by molar-refractivity contribution is 0.416. The molecule has 0 atom stereocenters. The first-order chi connectivity index (χ1) is 8.61. The number of methoxy groups -OCH3 is 1. The molecule has 0 amide bonds. The Hall–Kier alpha value is -1.47. The van der Waals surface area contributed by atoms with E-state index in [0.29, 0.717) is 5.92 Å². The molecule has 0 bridgehead atoms. The Kier molecular flexibility index (Phi) is 3.93. The second-order valence-corrected chi connectivity index (χ2v) is 5.06. The Bertz CT molecular complexity index is 547. The summed E-state index contributed by atoms with van der Waals surface area (Å²) in [4.78, 5) is 0. The van der Waals surface area contributed by atoms with E-state index in [9.17, 15) is 0 Å².